The van der Waals surface area contributed by atoms with Crippen LogP contribution in [0, 0.1) is 35.1 Å². The molecule has 13 heteroatoms. The Morgan fingerprint density at radius 1 is 0.644 bits per heavy atom. The summed E-state index contributed by atoms with van der Waals surface area (Å²) in [6.45, 7) is 8.44. The normalized spacial score (nSPS) is 11.1. The summed E-state index contributed by atoms with van der Waals surface area (Å²) in [7, 11) is 0. The quantitative estimate of drug-likeness (QED) is 0.172. The van der Waals surface area contributed by atoms with Crippen molar-refractivity contribution in [1.29, 1.82) is 0 Å². The summed E-state index contributed by atoms with van der Waals surface area (Å²) < 4.78 is 68.6. The summed E-state index contributed by atoms with van der Waals surface area (Å²) in [5.74, 6) is -1.16. The average Bonchev–Trinajstić information content (AvgIpc) is 2.98. The van der Waals surface area contributed by atoms with Gasteiger partial charge in [0.1, 0.15) is 0 Å². The van der Waals surface area contributed by atoms with E-state index in [-0.39, 0.29) is 0 Å². The van der Waals surface area contributed by atoms with E-state index in [1.54, 1.807) is 12.1 Å². The van der Waals surface area contributed by atoms with Crippen LogP contribution in [0.3, 0.4) is 0 Å². The Kier molecular flexibility index (Phi) is 17.4. The number of benzene rings is 4. The van der Waals surface area contributed by atoms with Crippen molar-refractivity contribution in [2.45, 2.75) is 40.8 Å². The summed E-state index contributed by atoms with van der Waals surface area (Å²) in [5, 5.41) is 0. The molecule has 0 saturated carbocycles. The summed E-state index contributed by atoms with van der Waals surface area (Å²) in [6.07, 6.45) is -4.47. The Morgan fingerprint density at radius 2 is 1.00 bits per heavy atom. The molecule has 0 fully saturated rings. The zero-order valence-electron chi connectivity index (χ0n) is 24.8. The summed E-state index contributed by atoms with van der Waals surface area (Å²) >= 11 is -4.81. The molecule has 6 nitrogen and oxygen atoms in total. The van der Waals surface area contributed by atoms with E-state index in [0.717, 1.165) is 21.3 Å². The number of carbonyl (C=O) groups is 2. The largest absolute Gasteiger partial charge is 0.265 e. The van der Waals surface area contributed by atoms with Crippen molar-refractivity contribution in [3.05, 3.63) is 134 Å². The molecule has 4 aromatic carbocycles. The van der Waals surface area contributed by atoms with Gasteiger partial charge in [0.05, 0.1) is 0 Å². The van der Waals surface area contributed by atoms with Gasteiger partial charge in [-0.05, 0) is 60.7 Å². The van der Waals surface area contributed by atoms with Gasteiger partial charge in [-0.3, -0.25) is 3.07 Å². The van der Waals surface area contributed by atoms with E-state index in [4.69, 9.17) is 7.53 Å². The summed E-state index contributed by atoms with van der Waals surface area (Å²) in [6, 6.07) is 27.7. The van der Waals surface area contributed by atoms with Crippen molar-refractivity contribution in [1.82, 2.24) is 0 Å². The smallest absolute Gasteiger partial charge is 0.182 e. The molecular formula is C32H31F3I4O6. The summed E-state index contributed by atoms with van der Waals surface area (Å²) in [4.78, 5) is 23.0. The van der Waals surface area contributed by atoms with Gasteiger partial charge in [0.2, 0.25) is 0 Å². The van der Waals surface area contributed by atoms with Crippen molar-refractivity contribution in [3.63, 3.8) is 0 Å². The number of hydrogen-bond donors (Lipinski definition) is 0. The van der Waals surface area contributed by atoms with Crippen LogP contribution in [-0.4, -0.2) is 11.9 Å². The van der Waals surface area contributed by atoms with Crippen LogP contribution in [0.15, 0.2) is 97.1 Å². The molecule has 0 amide bonds. The van der Waals surface area contributed by atoms with Crippen molar-refractivity contribution in [3.8, 4) is 0 Å². The van der Waals surface area contributed by atoms with Crippen LogP contribution < -0.4 is 0 Å². The second-order valence-corrected chi connectivity index (χ2v) is 20.4. The molecule has 244 valence electrons. The van der Waals surface area contributed by atoms with Gasteiger partial charge >= 0.3 is 177 Å². The molecule has 0 heterocycles. The first-order valence-electron chi connectivity index (χ1n) is 12.9. The molecule has 0 aliphatic rings. The predicted molar refractivity (Wildman–Crippen MR) is 201 cm³/mol. The van der Waals surface area contributed by atoms with E-state index in [9.17, 15) is 25.8 Å². The number of rotatable bonds is 7. The Balaban J connectivity index is 0.000000333. The van der Waals surface area contributed by atoms with Gasteiger partial charge in [0.25, 0.3) is 0 Å². The van der Waals surface area contributed by atoms with Gasteiger partial charge in [-0.1, -0.05) is 35.4 Å². The number of carbonyl (C=O) groups excluding carboxylic acids is 2. The van der Waals surface area contributed by atoms with Gasteiger partial charge in [-0.2, -0.15) is 0 Å². The first-order valence-corrected chi connectivity index (χ1v) is 21.7. The molecule has 0 saturated heterocycles. The molecule has 0 N–H and O–H groups in total. The first-order chi connectivity index (χ1) is 21.2. The van der Waals surface area contributed by atoms with Crippen LogP contribution in [0.5, 0.6) is 0 Å². The Morgan fingerprint density at radius 3 is 1.33 bits per heavy atom. The molecule has 0 radical (unpaired) electrons. The van der Waals surface area contributed by atoms with Gasteiger partial charge in [0, 0.05) is 7.14 Å². The van der Waals surface area contributed by atoms with Crippen molar-refractivity contribution in [2.75, 3.05) is 0 Å². The van der Waals surface area contributed by atoms with E-state index >= 15 is 0 Å². The summed E-state index contributed by atoms with van der Waals surface area (Å²) in [5.41, 5.74) is 2.73. The fourth-order valence-electron chi connectivity index (χ4n) is 2.92. The maximum absolute atomic E-state index is 12.8. The van der Waals surface area contributed by atoms with Gasteiger partial charge in [-0.15, -0.1) is 0 Å². The molecule has 0 bridgehead atoms. The van der Waals surface area contributed by atoms with Crippen molar-refractivity contribution in [2.24, 2.45) is 0 Å². The minimum absolute atomic E-state index is 0.356. The molecule has 0 aliphatic carbocycles. The minimum Gasteiger partial charge on any atom is -0.265 e. The topological polar surface area (TPSA) is 78.9 Å². The van der Waals surface area contributed by atoms with E-state index < -0.39 is 86.2 Å². The molecule has 4 rings (SSSR count). The number of hydrogen-bond acceptors (Lipinski definition) is 6. The van der Waals surface area contributed by atoms with Crippen LogP contribution in [0.2, 0.25) is 0 Å². The minimum atomic E-state index is -4.47. The molecule has 0 spiro atoms. The fourth-order valence-corrected chi connectivity index (χ4v) is 13.6. The molecule has 45 heavy (non-hydrogen) atoms. The Hall–Kier alpha value is -1.71. The Labute approximate surface area is 301 Å². The number of alkyl halides is 3. The fraction of sp³-hybridized carbons (Fsp3) is 0.188. The molecule has 0 atom stereocenters. The monoisotopic (exact) mass is 1080 g/mol. The molecule has 4 aromatic rings. The zero-order chi connectivity index (χ0) is 33.6. The third-order valence-electron chi connectivity index (χ3n) is 5.11. The van der Waals surface area contributed by atoms with Crippen LogP contribution in [0.25, 0.3) is 0 Å². The third kappa shape index (κ3) is 15.6. The standard InChI is InChI=1S/C18H17F3I2O5.C7H7IO.C7H7I/c1-12-4-8-16(9-5-12)22(26-13(2)24)28-23(27-14(3)25)17-10-6-15(7-11-17)18(19,20)21;1-6-2-4-7(8-9)5-3-6;1-6-2-4-7(8)5-3-6/h4-11H,1-3H3;2-5H,1H3;2-5H,1H3. The maximum atomic E-state index is 12.8. The van der Waals surface area contributed by atoms with E-state index in [2.05, 4.69) is 53.8 Å². The van der Waals surface area contributed by atoms with Gasteiger partial charge < -0.3 is 0 Å². The average molecular weight is 1080 g/mol. The Bertz CT molecular complexity index is 1490. The molecule has 0 aromatic heterocycles. The van der Waals surface area contributed by atoms with Crippen LogP contribution >= 0.6 is 85.1 Å². The molecule has 0 aliphatic heterocycles. The second kappa shape index (κ2) is 19.8. The molecular weight excluding hydrogens is 1040 g/mol. The van der Waals surface area contributed by atoms with Crippen molar-refractivity contribution < 1.29 is 33.4 Å². The van der Waals surface area contributed by atoms with Crippen LogP contribution in [-0.2, 0) is 26.4 Å². The number of aryl methyl sites for hydroxylation is 3. The van der Waals surface area contributed by atoms with E-state index in [1.165, 1.54) is 40.7 Å². The first kappa shape index (κ1) is 39.5. The predicted octanol–water partition coefficient (Wildman–Crippen LogP) is 10.9. The second-order valence-electron chi connectivity index (χ2n) is 9.10. The van der Waals surface area contributed by atoms with Gasteiger partial charge in [0.15, 0.2) is 21.2 Å². The van der Waals surface area contributed by atoms with Crippen LogP contribution in [0.1, 0.15) is 36.1 Å². The number of halogens is 7. The SMILES string of the molecule is CC(=O)OI(OI(OC(C)=O)c1ccc(C(F)(F)F)cc1)c1ccc(C)cc1.Cc1ccc(I)cc1.Cc1ccc(I=O)cc1. The van der Waals surface area contributed by atoms with E-state index in [1.807, 2.05) is 50.2 Å². The zero-order valence-corrected chi connectivity index (χ0v) is 33.5. The third-order valence-corrected chi connectivity index (χ3v) is 17.2. The van der Waals surface area contributed by atoms with Crippen molar-refractivity contribution >= 4 is 97.0 Å². The van der Waals surface area contributed by atoms with E-state index in [0.29, 0.717) is 7.14 Å². The van der Waals surface area contributed by atoms with Gasteiger partial charge in [-0.25, -0.2) is 0 Å². The van der Waals surface area contributed by atoms with Crippen LogP contribution in [0.4, 0.5) is 13.2 Å². The molecule has 0 unspecified atom stereocenters. The maximum Gasteiger partial charge on any atom is 0.182 e.